The van der Waals surface area contributed by atoms with Crippen molar-refractivity contribution in [1.29, 1.82) is 0 Å². The van der Waals surface area contributed by atoms with E-state index in [1.165, 1.54) is 6.92 Å². The molecule has 0 saturated carbocycles. The normalized spacial score (nSPS) is 12.0. The van der Waals surface area contributed by atoms with Crippen LogP contribution in [0.5, 0.6) is 0 Å². The lowest BCUT2D eigenvalue weighted by Gasteiger charge is -2.23. The summed E-state index contributed by atoms with van der Waals surface area (Å²) in [6.07, 6.45) is -2.66. The number of sulfonamides is 1. The largest absolute Gasteiger partial charge is 0.476 e. The molecule has 2 aromatic rings. The van der Waals surface area contributed by atoms with Gasteiger partial charge in [0.25, 0.3) is 0 Å². The van der Waals surface area contributed by atoms with Gasteiger partial charge in [-0.05, 0) is 24.6 Å². The van der Waals surface area contributed by atoms with Crippen LogP contribution in [0.1, 0.15) is 28.5 Å². The zero-order chi connectivity index (χ0) is 20.4. The van der Waals surface area contributed by atoms with Crippen LogP contribution in [0.3, 0.4) is 0 Å². The van der Waals surface area contributed by atoms with Crippen molar-refractivity contribution in [2.75, 3.05) is 10.8 Å². The zero-order valence-electron chi connectivity index (χ0n) is 13.7. The molecular weight excluding hydrogens is 411 g/mol. The van der Waals surface area contributed by atoms with Crippen LogP contribution in [-0.4, -0.2) is 36.0 Å². The quantitative estimate of drug-likeness (QED) is 0.765. The minimum atomic E-state index is -4.81. The molecule has 0 amide bonds. The molecule has 1 heterocycles. The van der Waals surface area contributed by atoms with Gasteiger partial charge in [0.1, 0.15) is 0 Å². The van der Waals surface area contributed by atoms with Crippen molar-refractivity contribution >= 4 is 33.4 Å². The highest BCUT2D eigenvalue weighted by Crippen LogP contribution is 2.35. The van der Waals surface area contributed by atoms with Gasteiger partial charge in [-0.3, -0.25) is 4.31 Å². The van der Waals surface area contributed by atoms with Gasteiger partial charge in [0, 0.05) is 24.0 Å². The van der Waals surface area contributed by atoms with Gasteiger partial charge in [0.2, 0.25) is 10.0 Å². The SMILES string of the molecule is CCN(c1nccnc1C(=O)O)S(=O)(=O)Cc1ccc(Cl)cc1C(F)(F)F. The molecule has 0 fully saturated rings. The van der Waals surface area contributed by atoms with Crippen LogP contribution < -0.4 is 4.31 Å². The summed E-state index contributed by atoms with van der Waals surface area (Å²) in [4.78, 5) is 18.6. The average Bonchev–Trinajstić information content (AvgIpc) is 2.56. The Labute approximate surface area is 157 Å². The number of hydrogen-bond donors (Lipinski definition) is 1. The van der Waals surface area contributed by atoms with Crippen molar-refractivity contribution in [2.45, 2.75) is 18.9 Å². The van der Waals surface area contributed by atoms with Gasteiger partial charge in [0.15, 0.2) is 11.5 Å². The molecule has 1 aromatic heterocycles. The molecule has 0 unspecified atom stereocenters. The van der Waals surface area contributed by atoms with E-state index in [1.54, 1.807) is 0 Å². The smallest absolute Gasteiger partial charge is 0.416 e. The summed E-state index contributed by atoms with van der Waals surface area (Å²) in [6.45, 7) is 1.14. The number of carbonyl (C=O) groups is 1. The number of carboxylic acid groups (broad SMARTS) is 1. The van der Waals surface area contributed by atoms with Gasteiger partial charge in [-0.2, -0.15) is 13.2 Å². The van der Waals surface area contributed by atoms with Crippen molar-refractivity contribution in [3.05, 3.63) is 52.4 Å². The molecule has 0 radical (unpaired) electrons. The van der Waals surface area contributed by atoms with Crippen molar-refractivity contribution in [1.82, 2.24) is 9.97 Å². The van der Waals surface area contributed by atoms with Gasteiger partial charge in [-0.15, -0.1) is 0 Å². The van der Waals surface area contributed by atoms with Crippen LogP contribution in [0.4, 0.5) is 19.0 Å². The Bertz CT molecular complexity index is 967. The number of benzene rings is 1. The Morgan fingerprint density at radius 1 is 1.26 bits per heavy atom. The highest BCUT2D eigenvalue weighted by molar-refractivity contribution is 7.92. The summed E-state index contributed by atoms with van der Waals surface area (Å²) in [5.41, 5.74) is -2.34. The van der Waals surface area contributed by atoms with E-state index in [9.17, 15) is 26.4 Å². The number of halogens is 4. The van der Waals surface area contributed by atoms with E-state index >= 15 is 0 Å². The molecule has 0 aliphatic rings. The Balaban J connectivity index is 2.52. The minimum Gasteiger partial charge on any atom is -0.476 e. The lowest BCUT2D eigenvalue weighted by molar-refractivity contribution is -0.138. The molecule has 2 rings (SSSR count). The van der Waals surface area contributed by atoms with Gasteiger partial charge < -0.3 is 5.11 Å². The molecule has 146 valence electrons. The topological polar surface area (TPSA) is 100 Å². The van der Waals surface area contributed by atoms with E-state index in [2.05, 4.69) is 9.97 Å². The van der Waals surface area contributed by atoms with Crippen LogP contribution in [-0.2, 0) is 22.0 Å². The predicted molar refractivity (Wildman–Crippen MR) is 91.1 cm³/mol. The van der Waals surface area contributed by atoms with Gasteiger partial charge in [-0.25, -0.2) is 23.2 Å². The molecule has 0 saturated heterocycles. The van der Waals surface area contributed by atoms with Crippen LogP contribution in [0.2, 0.25) is 5.02 Å². The fourth-order valence-corrected chi connectivity index (χ4v) is 4.12. The summed E-state index contributed by atoms with van der Waals surface area (Å²) < 4.78 is 65.7. The number of hydrogen-bond acceptors (Lipinski definition) is 5. The second-order valence-corrected chi connectivity index (χ2v) is 7.58. The zero-order valence-corrected chi connectivity index (χ0v) is 15.3. The maximum Gasteiger partial charge on any atom is 0.416 e. The Morgan fingerprint density at radius 2 is 1.89 bits per heavy atom. The number of anilines is 1. The second kappa shape index (κ2) is 7.69. The van der Waals surface area contributed by atoms with Gasteiger partial charge in [0.05, 0.1) is 11.3 Å². The molecule has 1 N–H and O–H groups in total. The van der Waals surface area contributed by atoms with Gasteiger partial charge in [-0.1, -0.05) is 17.7 Å². The van der Waals surface area contributed by atoms with E-state index in [0.29, 0.717) is 10.4 Å². The van der Waals surface area contributed by atoms with Crippen molar-refractivity contribution in [2.24, 2.45) is 0 Å². The molecule has 0 aliphatic heterocycles. The first-order valence-corrected chi connectivity index (χ1v) is 9.36. The first kappa shape index (κ1) is 20.9. The van der Waals surface area contributed by atoms with Crippen molar-refractivity contribution < 1.29 is 31.5 Å². The number of nitrogens with zero attached hydrogens (tertiary/aromatic N) is 3. The van der Waals surface area contributed by atoms with Crippen LogP contribution in [0, 0.1) is 0 Å². The molecule has 1 aromatic carbocycles. The average molecular weight is 424 g/mol. The Kier molecular flexibility index (Phi) is 5.95. The number of rotatable bonds is 6. The maximum absolute atomic E-state index is 13.2. The summed E-state index contributed by atoms with van der Waals surface area (Å²) in [7, 11) is -4.41. The monoisotopic (exact) mass is 423 g/mol. The molecule has 0 atom stereocenters. The molecule has 0 bridgehead atoms. The number of alkyl halides is 3. The Morgan fingerprint density at radius 3 is 2.44 bits per heavy atom. The lowest BCUT2D eigenvalue weighted by Crippen LogP contribution is -2.34. The standard InChI is InChI=1S/C15H13ClF3N3O4S/c1-2-22(13-12(14(23)24)20-5-6-21-13)27(25,26)8-9-3-4-10(16)7-11(9)15(17,18)19/h3-7H,2,8H2,1H3,(H,23,24). The molecule has 27 heavy (non-hydrogen) atoms. The highest BCUT2D eigenvalue weighted by Gasteiger charge is 2.36. The minimum absolute atomic E-state index is 0.196. The van der Waals surface area contributed by atoms with Crippen LogP contribution >= 0.6 is 11.6 Å². The molecular formula is C15H13ClF3N3O4S. The van der Waals surface area contributed by atoms with Crippen molar-refractivity contribution in [3.63, 3.8) is 0 Å². The molecule has 0 spiro atoms. The number of carboxylic acids is 1. The molecule has 7 nitrogen and oxygen atoms in total. The Hall–Kier alpha value is -2.40. The first-order valence-electron chi connectivity index (χ1n) is 7.37. The molecule has 0 aliphatic carbocycles. The second-order valence-electron chi connectivity index (χ2n) is 5.25. The van der Waals surface area contributed by atoms with E-state index in [4.69, 9.17) is 16.7 Å². The van der Waals surface area contributed by atoms with Crippen LogP contribution in [0.15, 0.2) is 30.6 Å². The van der Waals surface area contributed by atoms with Crippen molar-refractivity contribution in [3.8, 4) is 0 Å². The third-order valence-corrected chi connectivity index (χ3v) is 5.47. The van der Waals surface area contributed by atoms with E-state index in [0.717, 1.165) is 24.5 Å². The maximum atomic E-state index is 13.2. The van der Waals surface area contributed by atoms with E-state index in [1.807, 2.05) is 0 Å². The van der Waals surface area contributed by atoms with E-state index in [-0.39, 0.29) is 11.6 Å². The fraction of sp³-hybridized carbons (Fsp3) is 0.267. The van der Waals surface area contributed by atoms with E-state index < -0.39 is 50.6 Å². The summed E-state index contributed by atoms with van der Waals surface area (Å²) >= 11 is 5.59. The summed E-state index contributed by atoms with van der Waals surface area (Å²) in [5.74, 6) is -3.02. The number of aromatic nitrogens is 2. The van der Waals surface area contributed by atoms with Gasteiger partial charge >= 0.3 is 12.1 Å². The summed E-state index contributed by atoms with van der Waals surface area (Å²) in [6, 6.07) is 2.74. The predicted octanol–water partition coefficient (Wildman–Crippen LogP) is 3.20. The van der Waals surface area contributed by atoms with Crippen LogP contribution in [0.25, 0.3) is 0 Å². The molecule has 12 heteroatoms. The lowest BCUT2D eigenvalue weighted by atomic mass is 10.1. The summed E-state index contributed by atoms with van der Waals surface area (Å²) in [5, 5.41) is 8.96. The number of aromatic carboxylic acids is 1. The highest BCUT2D eigenvalue weighted by atomic mass is 35.5. The fourth-order valence-electron chi connectivity index (χ4n) is 2.36. The third-order valence-electron chi connectivity index (χ3n) is 3.46. The first-order chi connectivity index (χ1) is 12.5. The third kappa shape index (κ3) is 4.66.